The highest BCUT2D eigenvalue weighted by atomic mass is 19.1. The molecule has 31 heavy (non-hydrogen) atoms. The van der Waals surface area contributed by atoms with E-state index in [-0.39, 0.29) is 22.5 Å². The van der Waals surface area contributed by atoms with Crippen molar-refractivity contribution in [3.63, 3.8) is 0 Å². The second kappa shape index (κ2) is 10.4. The Balaban J connectivity index is 2.38. The van der Waals surface area contributed by atoms with Crippen LogP contribution in [0.4, 0.5) is 4.39 Å². The summed E-state index contributed by atoms with van der Waals surface area (Å²) in [7, 11) is -1.79. The molecule has 0 spiro atoms. The zero-order chi connectivity index (χ0) is 23.3. The Morgan fingerprint density at radius 3 is 2.23 bits per heavy atom. The molecule has 5 nitrogen and oxygen atoms in total. The van der Waals surface area contributed by atoms with E-state index < -0.39 is 18.8 Å². The summed E-state index contributed by atoms with van der Waals surface area (Å²) in [6.45, 7) is 13.1. The van der Waals surface area contributed by atoms with Gasteiger partial charge < -0.3 is 10.0 Å². The molecule has 0 aliphatic rings. The van der Waals surface area contributed by atoms with Crippen LogP contribution in [0.15, 0.2) is 36.4 Å². The van der Waals surface area contributed by atoms with Crippen LogP contribution < -0.4 is 10.9 Å². The summed E-state index contributed by atoms with van der Waals surface area (Å²) in [6.07, 6.45) is 1.81. The van der Waals surface area contributed by atoms with Gasteiger partial charge in [0.25, 0.3) is 5.91 Å². The number of hydrogen-bond acceptors (Lipinski definition) is 4. The number of aryl methyl sites for hydroxylation is 2. The molecule has 3 N–H and O–H groups in total. The van der Waals surface area contributed by atoms with Crippen LogP contribution in [0, 0.1) is 25.1 Å². The van der Waals surface area contributed by atoms with E-state index in [2.05, 4.69) is 51.3 Å². The van der Waals surface area contributed by atoms with E-state index in [9.17, 15) is 19.2 Å². The Morgan fingerprint density at radius 1 is 1.13 bits per heavy atom. The van der Waals surface area contributed by atoms with Crippen LogP contribution in [0.25, 0.3) is 0 Å². The summed E-state index contributed by atoms with van der Waals surface area (Å²) in [5, 5.41) is 20.4. The van der Waals surface area contributed by atoms with Crippen molar-refractivity contribution in [1.29, 1.82) is 0 Å². The maximum atomic E-state index is 14.5. The number of hydrogen-bond donors (Lipinski definition) is 3. The Labute approximate surface area is 185 Å². The number of benzene rings is 2. The van der Waals surface area contributed by atoms with Crippen molar-refractivity contribution >= 4 is 18.5 Å². The predicted molar refractivity (Wildman–Crippen MR) is 123 cm³/mol. The molecule has 0 heterocycles. The molecule has 1 unspecified atom stereocenters. The van der Waals surface area contributed by atoms with Crippen molar-refractivity contribution in [2.24, 2.45) is 5.41 Å². The molecule has 0 bridgehead atoms. The SMILES string of the molecule is CCCC(N(Cc1cc(C)cc(C)c1)NC(=O)c1ccc(B(O)O)cc1F)C(C)(C)C. The normalized spacial score (nSPS) is 12.7. The van der Waals surface area contributed by atoms with E-state index in [1.807, 2.05) is 18.9 Å². The number of rotatable bonds is 8. The standard InChI is InChI=1S/C24H34BFN2O3/c1-7-8-22(24(4,5)6)28(15-18-12-16(2)11-17(3)13-18)27-23(29)20-10-9-19(25(30)31)14-21(20)26/h9-14,22,30-31H,7-8,15H2,1-6H3,(H,27,29). The lowest BCUT2D eigenvalue weighted by Gasteiger charge is -2.40. The number of nitrogens with zero attached hydrogens (tertiary/aromatic N) is 1. The van der Waals surface area contributed by atoms with Gasteiger partial charge in [-0.15, -0.1) is 0 Å². The fraction of sp³-hybridized carbons (Fsp3) is 0.458. The first-order valence-corrected chi connectivity index (χ1v) is 10.7. The quantitative estimate of drug-likeness (QED) is 0.445. The van der Waals surface area contributed by atoms with Gasteiger partial charge in [0.2, 0.25) is 0 Å². The second-order valence-corrected chi connectivity index (χ2v) is 9.35. The first kappa shape index (κ1) is 25.0. The zero-order valence-corrected chi connectivity index (χ0v) is 19.4. The number of amides is 1. The molecule has 1 amide bonds. The van der Waals surface area contributed by atoms with E-state index in [0.717, 1.165) is 35.6 Å². The third kappa shape index (κ3) is 6.89. The molecule has 0 saturated carbocycles. The Kier molecular flexibility index (Phi) is 8.40. The highest BCUT2D eigenvalue weighted by Gasteiger charge is 2.31. The fourth-order valence-electron chi connectivity index (χ4n) is 3.98. The van der Waals surface area contributed by atoms with Crippen molar-refractivity contribution < 1.29 is 19.2 Å². The van der Waals surface area contributed by atoms with Gasteiger partial charge >= 0.3 is 7.12 Å². The first-order valence-electron chi connectivity index (χ1n) is 10.7. The van der Waals surface area contributed by atoms with Crippen LogP contribution in [0.5, 0.6) is 0 Å². The van der Waals surface area contributed by atoms with Gasteiger partial charge in [-0.2, -0.15) is 0 Å². The number of halogens is 1. The zero-order valence-electron chi connectivity index (χ0n) is 19.4. The van der Waals surface area contributed by atoms with Crippen molar-refractivity contribution in [3.05, 3.63) is 64.5 Å². The Hall–Kier alpha value is -2.22. The van der Waals surface area contributed by atoms with Gasteiger partial charge in [0.15, 0.2) is 0 Å². The summed E-state index contributed by atoms with van der Waals surface area (Å²) in [4.78, 5) is 13.0. The lowest BCUT2D eigenvalue weighted by atomic mass is 9.80. The van der Waals surface area contributed by atoms with Crippen LogP contribution in [0.1, 0.15) is 67.6 Å². The molecule has 0 aliphatic heterocycles. The maximum Gasteiger partial charge on any atom is 0.488 e. The molecule has 168 valence electrons. The van der Waals surface area contributed by atoms with Crippen molar-refractivity contribution in [2.75, 3.05) is 0 Å². The minimum atomic E-state index is -1.79. The van der Waals surface area contributed by atoms with Crippen molar-refractivity contribution in [2.45, 2.75) is 67.0 Å². The molecular weight excluding hydrogens is 394 g/mol. The van der Waals surface area contributed by atoms with Gasteiger partial charge in [0.1, 0.15) is 5.82 Å². The second-order valence-electron chi connectivity index (χ2n) is 9.35. The van der Waals surface area contributed by atoms with Crippen molar-refractivity contribution in [1.82, 2.24) is 10.4 Å². The summed E-state index contributed by atoms with van der Waals surface area (Å²) < 4.78 is 14.5. The van der Waals surface area contributed by atoms with Gasteiger partial charge in [0.05, 0.1) is 5.56 Å². The Bertz CT molecular complexity index is 892. The van der Waals surface area contributed by atoms with Crippen LogP contribution in [0.2, 0.25) is 0 Å². The third-order valence-corrected chi connectivity index (χ3v) is 5.35. The van der Waals surface area contributed by atoms with Gasteiger partial charge in [0, 0.05) is 12.6 Å². The van der Waals surface area contributed by atoms with Gasteiger partial charge in [-0.1, -0.05) is 69.5 Å². The lowest BCUT2D eigenvalue weighted by molar-refractivity contribution is 0.0305. The highest BCUT2D eigenvalue weighted by molar-refractivity contribution is 6.58. The molecule has 7 heteroatoms. The third-order valence-electron chi connectivity index (χ3n) is 5.35. The van der Waals surface area contributed by atoms with E-state index in [4.69, 9.17) is 0 Å². The number of carbonyl (C=O) groups is 1. The monoisotopic (exact) mass is 428 g/mol. The van der Waals surface area contributed by atoms with Crippen LogP contribution in [-0.4, -0.2) is 34.1 Å². The van der Waals surface area contributed by atoms with Crippen LogP contribution in [-0.2, 0) is 6.54 Å². The largest absolute Gasteiger partial charge is 0.488 e. The Morgan fingerprint density at radius 2 is 1.74 bits per heavy atom. The summed E-state index contributed by atoms with van der Waals surface area (Å²) in [5.41, 5.74) is 6.04. The maximum absolute atomic E-state index is 14.5. The minimum Gasteiger partial charge on any atom is -0.423 e. The molecule has 2 aromatic carbocycles. The van der Waals surface area contributed by atoms with Crippen LogP contribution in [0.3, 0.4) is 0 Å². The molecule has 0 aliphatic carbocycles. The van der Waals surface area contributed by atoms with Gasteiger partial charge in [-0.3, -0.25) is 10.2 Å². The number of hydrazine groups is 1. The number of nitrogens with one attached hydrogen (secondary N) is 1. The number of carbonyl (C=O) groups excluding carboxylic acids is 1. The summed E-state index contributed by atoms with van der Waals surface area (Å²) in [6, 6.07) is 9.91. The van der Waals surface area contributed by atoms with E-state index in [1.165, 1.54) is 12.1 Å². The average molecular weight is 428 g/mol. The summed E-state index contributed by atoms with van der Waals surface area (Å²) in [5.74, 6) is -1.36. The average Bonchev–Trinajstić information content (AvgIpc) is 2.63. The molecule has 2 aromatic rings. The molecule has 0 fully saturated rings. The molecule has 0 aromatic heterocycles. The molecule has 0 radical (unpaired) electrons. The highest BCUT2D eigenvalue weighted by Crippen LogP contribution is 2.29. The fourth-order valence-corrected chi connectivity index (χ4v) is 3.98. The molecule has 2 rings (SSSR count). The first-order chi connectivity index (χ1) is 14.4. The van der Waals surface area contributed by atoms with E-state index in [1.54, 1.807) is 0 Å². The molecule has 0 saturated heterocycles. The predicted octanol–water partition coefficient (Wildman–Crippen LogP) is 3.48. The van der Waals surface area contributed by atoms with Crippen molar-refractivity contribution in [3.8, 4) is 0 Å². The van der Waals surface area contributed by atoms with Gasteiger partial charge in [-0.25, -0.2) is 9.40 Å². The van der Waals surface area contributed by atoms with E-state index >= 15 is 0 Å². The molecular formula is C24H34BFN2O3. The topological polar surface area (TPSA) is 72.8 Å². The molecule has 1 atom stereocenters. The smallest absolute Gasteiger partial charge is 0.423 e. The van der Waals surface area contributed by atoms with Gasteiger partial charge in [-0.05, 0) is 48.8 Å². The summed E-state index contributed by atoms with van der Waals surface area (Å²) >= 11 is 0. The van der Waals surface area contributed by atoms with E-state index in [0.29, 0.717) is 6.54 Å². The minimum absolute atomic E-state index is 0.000284. The lowest BCUT2D eigenvalue weighted by Crippen LogP contribution is -2.53. The van der Waals surface area contributed by atoms with Crippen LogP contribution >= 0.6 is 0 Å².